The Kier molecular flexibility index (Phi) is 3.43. The first-order valence-electron chi connectivity index (χ1n) is 2.12. The third-order valence-corrected chi connectivity index (χ3v) is 0.758. The molecule has 10 heavy (non-hydrogen) atoms. The molecule has 0 saturated heterocycles. The molecule has 0 aromatic heterocycles. The highest BCUT2D eigenvalue weighted by molar-refractivity contribution is 7.83. The maximum Gasteiger partial charge on any atom is 0.355 e. The smallest absolute Gasteiger partial charge is 0.272 e. The lowest BCUT2D eigenvalue weighted by atomic mass is 10.7. The van der Waals surface area contributed by atoms with E-state index in [1.54, 1.807) is 0 Å². The molecule has 0 aromatic rings. The van der Waals surface area contributed by atoms with E-state index < -0.39 is 16.7 Å². The SMILES string of the molecule is C=CC(F)ONS(=O)(=O)O. The molecule has 60 valence electrons. The van der Waals surface area contributed by atoms with Gasteiger partial charge in [0, 0.05) is 0 Å². The Morgan fingerprint density at radius 3 is 2.60 bits per heavy atom. The van der Waals surface area contributed by atoms with E-state index in [2.05, 4.69) is 11.4 Å². The standard InChI is InChI=1S/C3H6FNO4S/c1-2-3(4)9-5-10(6,7)8/h2-3,5H,1H2,(H,6,7,8). The molecule has 0 radical (unpaired) electrons. The first-order valence-corrected chi connectivity index (χ1v) is 3.56. The monoisotopic (exact) mass is 171 g/mol. The summed E-state index contributed by atoms with van der Waals surface area (Å²) in [5.74, 6) is 0. The van der Waals surface area contributed by atoms with Crippen molar-refractivity contribution < 1.29 is 22.2 Å². The molecule has 0 aromatic carbocycles. The van der Waals surface area contributed by atoms with Crippen molar-refractivity contribution in [1.82, 2.24) is 4.89 Å². The Hall–Kier alpha value is -0.500. The largest absolute Gasteiger partial charge is 0.355 e. The van der Waals surface area contributed by atoms with E-state index in [-0.39, 0.29) is 0 Å². The summed E-state index contributed by atoms with van der Waals surface area (Å²) in [7, 11) is -4.49. The normalized spacial score (nSPS) is 14.6. The number of alkyl halides is 1. The lowest BCUT2D eigenvalue weighted by Crippen LogP contribution is -2.25. The van der Waals surface area contributed by atoms with Crippen LogP contribution < -0.4 is 4.89 Å². The zero-order valence-corrected chi connectivity index (χ0v) is 5.64. The van der Waals surface area contributed by atoms with E-state index in [1.165, 1.54) is 0 Å². The van der Waals surface area contributed by atoms with Gasteiger partial charge in [0.15, 0.2) is 0 Å². The Bertz CT molecular complexity index is 201. The maximum absolute atomic E-state index is 11.9. The van der Waals surface area contributed by atoms with Crippen LogP contribution in [-0.2, 0) is 15.1 Å². The molecule has 0 heterocycles. The fraction of sp³-hybridized carbons (Fsp3) is 0.333. The Balaban J connectivity index is 3.66. The van der Waals surface area contributed by atoms with Gasteiger partial charge in [-0.15, -0.1) is 0 Å². The summed E-state index contributed by atoms with van der Waals surface area (Å²) in [6, 6.07) is 0. The fourth-order valence-corrected chi connectivity index (χ4v) is 0.368. The molecule has 0 spiro atoms. The van der Waals surface area contributed by atoms with Crippen LogP contribution >= 0.6 is 0 Å². The van der Waals surface area contributed by atoms with Gasteiger partial charge in [-0.1, -0.05) is 11.5 Å². The van der Waals surface area contributed by atoms with Crippen LogP contribution in [0.1, 0.15) is 0 Å². The fourth-order valence-electron chi connectivity index (χ4n) is 0.155. The van der Waals surface area contributed by atoms with Gasteiger partial charge in [-0.3, -0.25) is 4.55 Å². The number of hydrogen-bond donors (Lipinski definition) is 2. The van der Waals surface area contributed by atoms with Crippen molar-refractivity contribution in [3.05, 3.63) is 12.7 Å². The molecule has 0 aliphatic rings. The highest BCUT2D eigenvalue weighted by Gasteiger charge is 2.06. The summed E-state index contributed by atoms with van der Waals surface area (Å²) in [5.41, 5.74) is 0. The van der Waals surface area contributed by atoms with Gasteiger partial charge >= 0.3 is 10.3 Å². The van der Waals surface area contributed by atoms with Gasteiger partial charge < -0.3 is 0 Å². The van der Waals surface area contributed by atoms with Crippen LogP contribution in [0, 0.1) is 0 Å². The molecule has 0 fully saturated rings. The van der Waals surface area contributed by atoms with Gasteiger partial charge in [0.05, 0.1) is 0 Å². The predicted octanol–water partition coefficient (Wildman–Crippen LogP) is -0.208. The van der Waals surface area contributed by atoms with Crippen molar-refractivity contribution in [3.8, 4) is 0 Å². The summed E-state index contributed by atoms with van der Waals surface area (Å²) < 4.78 is 39.3. The van der Waals surface area contributed by atoms with E-state index in [9.17, 15) is 12.8 Å². The summed E-state index contributed by atoms with van der Waals surface area (Å²) >= 11 is 0. The molecule has 0 saturated carbocycles. The summed E-state index contributed by atoms with van der Waals surface area (Å²) in [5, 5.41) is 0. The Labute approximate surface area is 57.3 Å². The second-order valence-corrected chi connectivity index (χ2v) is 2.38. The molecule has 0 aliphatic carbocycles. The highest BCUT2D eigenvalue weighted by atomic mass is 32.2. The first kappa shape index (κ1) is 9.50. The minimum Gasteiger partial charge on any atom is -0.272 e. The van der Waals surface area contributed by atoms with Crippen LogP contribution in [0.3, 0.4) is 0 Å². The molecule has 0 amide bonds. The van der Waals surface area contributed by atoms with Crippen LogP contribution in [0.4, 0.5) is 4.39 Å². The summed E-state index contributed by atoms with van der Waals surface area (Å²) in [6.07, 6.45) is -1.26. The number of rotatable bonds is 4. The highest BCUT2D eigenvalue weighted by Crippen LogP contribution is 1.90. The van der Waals surface area contributed by atoms with Crippen molar-refractivity contribution in [1.29, 1.82) is 0 Å². The first-order chi connectivity index (χ1) is 4.45. The topological polar surface area (TPSA) is 75.6 Å². The van der Waals surface area contributed by atoms with Crippen molar-refractivity contribution in [3.63, 3.8) is 0 Å². The van der Waals surface area contributed by atoms with Crippen molar-refractivity contribution in [2.24, 2.45) is 0 Å². The van der Waals surface area contributed by atoms with Crippen molar-refractivity contribution in [2.75, 3.05) is 0 Å². The molecule has 0 rings (SSSR count). The second-order valence-electron chi connectivity index (χ2n) is 1.26. The minimum absolute atomic E-state index is 0.707. The number of hydrogen-bond acceptors (Lipinski definition) is 3. The lowest BCUT2D eigenvalue weighted by Gasteiger charge is -2.01. The maximum atomic E-state index is 11.9. The van der Waals surface area contributed by atoms with Crippen LogP contribution in [0.25, 0.3) is 0 Å². The molecule has 2 N–H and O–H groups in total. The van der Waals surface area contributed by atoms with Crippen LogP contribution in [0.15, 0.2) is 12.7 Å². The Morgan fingerprint density at radius 2 is 2.30 bits per heavy atom. The number of nitrogens with one attached hydrogen (secondary N) is 1. The van der Waals surface area contributed by atoms with Crippen molar-refractivity contribution in [2.45, 2.75) is 6.36 Å². The van der Waals surface area contributed by atoms with Crippen LogP contribution in [-0.4, -0.2) is 19.3 Å². The van der Waals surface area contributed by atoms with Gasteiger partial charge in [0.2, 0.25) is 6.36 Å². The van der Waals surface area contributed by atoms with Crippen LogP contribution in [0.5, 0.6) is 0 Å². The number of halogens is 1. The van der Waals surface area contributed by atoms with E-state index in [0.717, 1.165) is 4.89 Å². The average molecular weight is 171 g/mol. The summed E-state index contributed by atoms with van der Waals surface area (Å²) in [6.45, 7) is 2.94. The second kappa shape index (κ2) is 3.62. The molecule has 1 unspecified atom stereocenters. The third kappa shape index (κ3) is 5.63. The van der Waals surface area contributed by atoms with E-state index in [1.807, 2.05) is 0 Å². The quantitative estimate of drug-likeness (QED) is 0.348. The van der Waals surface area contributed by atoms with E-state index in [4.69, 9.17) is 4.55 Å². The molecule has 7 heteroatoms. The van der Waals surface area contributed by atoms with E-state index >= 15 is 0 Å². The zero-order chi connectivity index (χ0) is 8.20. The molecular formula is C3H6FNO4S. The van der Waals surface area contributed by atoms with Crippen molar-refractivity contribution >= 4 is 10.3 Å². The molecule has 0 bridgehead atoms. The molecule has 0 aliphatic heterocycles. The van der Waals surface area contributed by atoms with Gasteiger partial charge in [-0.05, 0) is 6.08 Å². The van der Waals surface area contributed by atoms with Crippen LogP contribution in [0.2, 0.25) is 0 Å². The molecular weight excluding hydrogens is 165 g/mol. The lowest BCUT2D eigenvalue weighted by molar-refractivity contribution is -0.0362. The summed E-state index contributed by atoms with van der Waals surface area (Å²) in [4.78, 5) is 4.74. The average Bonchev–Trinajstić information content (AvgIpc) is 1.81. The molecule has 1 atom stereocenters. The van der Waals surface area contributed by atoms with Gasteiger partial charge in [-0.2, -0.15) is 8.42 Å². The van der Waals surface area contributed by atoms with E-state index in [0.29, 0.717) is 6.08 Å². The van der Waals surface area contributed by atoms with Gasteiger partial charge in [-0.25, -0.2) is 9.23 Å². The zero-order valence-electron chi connectivity index (χ0n) is 4.82. The Morgan fingerprint density at radius 1 is 1.80 bits per heavy atom. The van der Waals surface area contributed by atoms with Gasteiger partial charge in [0.25, 0.3) is 0 Å². The third-order valence-electron chi connectivity index (χ3n) is 0.451. The van der Waals surface area contributed by atoms with Gasteiger partial charge in [0.1, 0.15) is 0 Å². The molecule has 5 nitrogen and oxygen atoms in total. The predicted molar refractivity (Wildman–Crippen MR) is 30.9 cm³/mol. The minimum atomic E-state index is -4.49.